The Morgan fingerprint density at radius 1 is 1.07 bits per heavy atom. The number of rotatable bonds is 7. The van der Waals surface area contributed by atoms with Crippen molar-refractivity contribution in [2.24, 2.45) is 11.5 Å². The molecule has 1 atom stereocenters. The van der Waals surface area contributed by atoms with Crippen LogP contribution in [0.5, 0.6) is 0 Å². The summed E-state index contributed by atoms with van der Waals surface area (Å²) in [5, 5.41) is 0. The number of allylic oxidation sites excluding steroid dienone is 1. The third-order valence-electron chi connectivity index (χ3n) is 5.23. The van der Waals surface area contributed by atoms with Crippen molar-refractivity contribution >= 4 is 17.6 Å². The topological polar surface area (TPSA) is 78.3 Å². The molecule has 0 saturated heterocycles. The summed E-state index contributed by atoms with van der Waals surface area (Å²) in [5.41, 5.74) is 17.7. The molecule has 0 spiro atoms. The lowest BCUT2D eigenvalue weighted by Crippen LogP contribution is -2.39. The van der Waals surface area contributed by atoms with Crippen LogP contribution in [0.3, 0.4) is 0 Å². The summed E-state index contributed by atoms with van der Waals surface area (Å²) in [5.74, 6) is -0.417. The van der Waals surface area contributed by atoms with Crippen molar-refractivity contribution < 1.29 is 9.53 Å². The third-order valence-corrected chi connectivity index (χ3v) is 5.23. The predicted octanol–water partition coefficient (Wildman–Crippen LogP) is 3.72. The van der Waals surface area contributed by atoms with Crippen LogP contribution in [0.15, 0.2) is 48.5 Å². The number of nitrogens with two attached hydrogens (primary N) is 2. The lowest BCUT2D eigenvalue weighted by atomic mass is 9.89. The summed E-state index contributed by atoms with van der Waals surface area (Å²) in [6, 6.07) is 16.7. The second-order valence-electron chi connectivity index (χ2n) is 7.39. The lowest BCUT2D eigenvalue weighted by Gasteiger charge is -2.16. The smallest absolute Gasteiger partial charge is 0.324 e. The fraction of sp³-hybridized carbons (Fsp3) is 0.375. The van der Waals surface area contributed by atoms with Gasteiger partial charge in [0.15, 0.2) is 0 Å². The van der Waals surface area contributed by atoms with Gasteiger partial charge in [-0.3, -0.25) is 4.79 Å². The van der Waals surface area contributed by atoms with E-state index in [1.807, 2.05) is 0 Å². The van der Waals surface area contributed by atoms with Gasteiger partial charge in [-0.05, 0) is 66.4 Å². The highest BCUT2D eigenvalue weighted by Crippen LogP contribution is 2.29. The van der Waals surface area contributed by atoms with Crippen LogP contribution in [-0.2, 0) is 22.4 Å². The minimum Gasteiger partial charge on any atom is -0.464 e. The Kier molecular flexibility index (Phi) is 7.40. The van der Waals surface area contributed by atoms with Crippen LogP contribution < -0.4 is 11.5 Å². The molecule has 3 rings (SSSR count). The van der Waals surface area contributed by atoms with Gasteiger partial charge < -0.3 is 16.2 Å². The Bertz CT molecular complexity index is 815. The Morgan fingerprint density at radius 2 is 1.86 bits per heavy atom. The Balaban J connectivity index is 1.65. The largest absolute Gasteiger partial charge is 0.464 e. The molecular formula is C24H30N2O2. The summed E-state index contributed by atoms with van der Waals surface area (Å²) < 4.78 is 5.18. The van der Waals surface area contributed by atoms with Gasteiger partial charge in [0.1, 0.15) is 6.04 Å². The van der Waals surface area contributed by atoms with Gasteiger partial charge in [0.05, 0.1) is 6.61 Å². The second kappa shape index (κ2) is 10.2. The normalized spacial score (nSPS) is 16.9. The van der Waals surface area contributed by atoms with Gasteiger partial charge in [-0.1, -0.05) is 54.6 Å². The number of hydrogen-bond acceptors (Lipinski definition) is 4. The number of carbonyl (C=O) groups is 1. The monoisotopic (exact) mass is 378 g/mol. The maximum atomic E-state index is 11.6. The van der Waals surface area contributed by atoms with Crippen molar-refractivity contribution in [1.82, 2.24) is 0 Å². The van der Waals surface area contributed by atoms with E-state index in [-0.39, 0.29) is 6.54 Å². The van der Waals surface area contributed by atoms with Crippen molar-refractivity contribution in [2.45, 2.75) is 44.6 Å². The van der Waals surface area contributed by atoms with Crippen molar-refractivity contribution in [3.63, 3.8) is 0 Å². The average Bonchev–Trinajstić information content (AvgIpc) is 2.72. The van der Waals surface area contributed by atoms with Gasteiger partial charge in [-0.25, -0.2) is 0 Å². The fourth-order valence-corrected chi connectivity index (χ4v) is 3.59. The number of aryl methyl sites for hydroxylation is 2. The predicted molar refractivity (Wildman–Crippen MR) is 115 cm³/mol. The number of esters is 1. The van der Waals surface area contributed by atoms with Crippen LogP contribution in [0.1, 0.15) is 47.9 Å². The second-order valence-corrected chi connectivity index (χ2v) is 7.39. The zero-order valence-corrected chi connectivity index (χ0v) is 16.4. The van der Waals surface area contributed by atoms with E-state index in [4.69, 9.17) is 16.2 Å². The van der Waals surface area contributed by atoms with E-state index in [1.54, 1.807) is 0 Å². The first-order valence-electron chi connectivity index (χ1n) is 10.2. The van der Waals surface area contributed by atoms with Gasteiger partial charge >= 0.3 is 5.97 Å². The van der Waals surface area contributed by atoms with E-state index < -0.39 is 12.0 Å². The quantitative estimate of drug-likeness (QED) is 0.569. The molecule has 0 aliphatic heterocycles. The molecule has 4 heteroatoms. The van der Waals surface area contributed by atoms with E-state index in [0.717, 1.165) is 25.7 Å². The lowest BCUT2D eigenvalue weighted by molar-refractivity contribution is -0.145. The number of ether oxygens (including phenoxy) is 1. The molecule has 0 bridgehead atoms. The first kappa shape index (κ1) is 20.3. The number of carbonyl (C=O) groups excluding carboxylic acids is 1. The molecule has 0 radical (unpaired) electrons. The number of fused-ring (bicyclic) bond motifs is 1. The van der Waals surface area contributed by atoms with E-state index in [1.165, 1.54) is 40.7 Å². The van der Waals surface area contributed by atoms with Gasteiger partial charge in [0.25, 0.3) is 0 Å². The molecule has 0 heterocycles. The molecule has 2 aromatic rings. The molecular weight excluding hydrogens is 348 g/mol. The van der Waals surface area contributed by atoms with E-state index in [2.05, 4.69) is 54.6 Å². The molecule has 28 heavy (non-hydrogen) atoms. The van der Waals surface area contributed by atoms with E-state index in [0.29, 0.717) is 6.61 Å². The van der Waals surface area contributed by atoms with Crippen molar-refractivity contribution in [3.05, 3.63) is 70.8 Å². The zero-order valence-electron chi connectivity index (χ0n) is 16.4. The maximum Gasteiger partial charge on any atom is 0.324 e. The van der Waals surface area contributed by atoms with Crippen LogP contribution in [0, 0.1) is 0 Å². The van der Waals surface area contributed by atoms with Gasteiger partial charge in [-0.2, -0.15) is 0 Å². The first-order chi connectivity index (χ1) is 13.7. The maximum absolute atomic E-state index is 11.6. The Morgan fingerprint density at radius 3 is 2.64 bits per heavy atom. The standard InChI is InChI=1S/C24H30N2O2/c25-17-23(26)24(27)28-14-6-7-18-12-13-22-16-21(19-8-2-1-3-9-19)11-5-4-10-20(22)15-18/h1-3,8-9,12-13,15-16,23H,4-7,10-11,14,17,25-26H2/b21-16+. The van der Waals surface area contributed by atoms with Crippen LogP contribution in [0.25, 0.3) is 11.6 Å². The average molecular weight is 379 g/mol. The molecule has 1 aliphatic carbocycles. The molecule has 4 N–H and O–H groups in total. The molecule has 1 aliphatic rings. The van der Waals surface area contributed by atoms with Crippen LogP contribution >= 0.6 is 0 Å². The highest BCUT2D eigenvalue weighted by molar-refractivity contribution is 5.82. The molecule has 4 nitrogen and oxygen atoms in total. The molecule has 0 fully saturated rings. The van der Waals surface area contributed by atoms with Crippen molar-refractivity contribution in [3.8, 4) is 0 Å². The van der Waals surface area contributed by atoms with Gasteiger partial charge in [-0.15, -0.1) is 0 Å². The molecule has 148 valence electrons. The summed E-state index contributed by atoms with van der Waals surface area (Å²) >= 11 is 0. The van der Waals surface area contributed by atoms with Gasteiger partial charge in [0.2, 0.25) is 0 Å². The summed E-state index contributed by atoms with van der Waals surface area (Å²) in [7, 11) is 0. The van der Waals surface area contributed by atoms with Crippen LogP contribution in [0.2, 0.25) is 0 Å². The molecule has 0 saturated carbocycles. The Labute approximate surface area is 167 Å². The molecule has 2 aromatic carbocycles. The SMILES string of the molecule is NCC(N)C(=O)OCCCc1ccc2c(c1)CCCC/C(c1ccccc1)=C\2. The highest BCUT2D eigenvalue weighted by Gasteiger charge is 2.13. The zero-order chi connectivity index (χ0) is 19.8. The van der Waals surface area contributed by atoms with E-state index >= 15 is 0 Å². The first-order valence-corrected chi connectivity index (χ1v) is 10.2. The minimum atomic E-state index is -0.720. The van der Waals surface area contributed by atoms with Crippen molar-refractivity contribution in [1.29, 1.82) is 0 Å². The minimum absolute atomic E-state index is 0.113. The summed E-state index contributed by atoms with van der Waals surface area (Å²) in [6.07, 6.45) is 8.67. The molecule has 1 unspecified atom stereocenters. The van der Waals surface area contributed by atoms with Gasteiger partial charge in [0, 0.05) is 6.54 Å². The fourth-order valence-electron chi connectivity index (χ4n) is 3.59. The third kappa shape index (κ3) is 5.54. The highest BCUT2D eigenvalue weighted by atomic mass is 16.5. The molecule has 0 aromatic heterocycles. The summed E-state index contributed by atoms with van der Waals surface area (Å²) in [4.78, 5) is 11.6. The van der Waals surface area contributed by atoms with Crippen LogP contribution in [0.4, 0.5) is 0 Å². The molecule has 0 amide bonds. The van der Waals surface area contributed by atoms with Crippen molar-refractivity contribution in [2.75, 3.05) is 13.2 Å². The number of hydrogen-bond donors (Lipinski definition) is 2. The Hall–Kier alpha value is -2.43. The van der Waals surface area contributed by atoms with Crippen LogP contribution in [-0.4, -0.2) is 25.2 Å². The number of benzene rings is 2. The van der Waals surface area contributed by atoms with E-state index in [9.17, 15) is 4.79 Å². The summed E-state index contributed by atoms with van der Waals surface area (Å²) in [6.45, 7) is 0.490.